The van der Waals surface area contributed by atoms with Crippen molar-refractivity contribution >= 4 is 11.9 Å². The minimum atomic E-state index is -0.977. The summed E-state index contributed by atoms with van der Waals surface area (Å²) in [5, 5.41) is 16.0. The molecule has 1 amide bonds. The normalized spacial score (nSPS) is 11.8. The second-order valence-electron chi connectivity index (χ2n) is 6.21. The first-order chi connectivity index (χ1) is 12.4. The number of amides is 1. The summed E-state index contributed by atoms with van der Waals surface area (Å²) in [6.07, 6.45) is 1.04. The Labute approximate surface area is 151 Å². The van der Waals surface area contributed by atoms with Gasteiger partial charge in [0.1, 0.15) is 5.69 Å². The highest BCUT2D eigenvalue weighted by molar-refractivity contribution is 5.92. The molecule has 7 nitrogen and oxygen atoms in total. The third-order valence-electron chi connectivity index (χ3n) is 4.00. The highest BCUT2D eigenvalue weighted by Crippen LogP contribution is 2.10. The highest BCUT2D eigenvalue weighted by Gasteiger charge is 2.20. The van der Waals surface area contributed by atoms with E-state index in [0.717, 1.165) is 17.5 Å². The molecule has 0 aliphatic carbocycles. The molecule has 1 atom stereocenters. The van der Waals surface area contributed by atoms with E-state index in [1.54, 1.807) is 0 Å². The van der Waals surface area contributed by atoms with Crippen molar-refractivity contribution in [2.75, 3.05) is 6.54 Å². The summed E-state index contributed by atoms with van der Waals surface area (Å²) in [4.78, 5) is 35.4. The van der Waals surface area contributed by atoms with E-state index in [-0.39, 0.29) is 17.8 Å². The van der Waals surface area contributed by atoms with E-state index in [1.807, 2.05) is 38.1 Å². The van der Waals surface area contributed by atoms with Gasteiger partial charge in [-0.25, -0.2) is 4.68 Å². The SMILES string of the molecule is CCCn1nc(C(=O)NC[C@@H](Cc2ccc(C)cc2)C(=O)O)ccc1=O. The number of carboxylic acid groups (broad SMARTS) is 1. The van der Waals surface area contributed by atoms with Crippen molar-refractivity contribution < 1.29 is 14.7 Å². The minimum absolute atomic E-state index is 0.0172. The molecule has 2 rings (SSSR count). The maximum atomic E-state index is 12.3. The Morgan fingerprint density at radius 1 is 1.19 bits per heavy atom. The number of aromatic nitrogens is 2. The van der Waals surface area contributed by atoms with E-state index < -0.39 is 17.8 Å². The van der Waals surface area contributed by atoms with Gasteiger partial charge in [0.05, 0.1) is 5.92 Å². The Kier molecular flexibility index (Phi) is 6.66. The number of carbonyl (C=O) groups excluding carboxylic acids is 1. The zero-order valence-electron chi connectivity index (χ0n) is 14.9. The molecule has 1 aromatic heterocycles. The predicted octanol–water partition coefficient (Wildman–Crippen LogP) is 1.64. The van der Waals surface area contributed by atoms with Gasteiger partial charge in [0, 0.05) is 19.2 Å². The van der Waals surface area contributed by atoms with Gasteiger partial charge in [-0.2, -0.15) is 5.10 Å². The Balaban J connectivity index is 2.03. The molecule has 0 aliphatic rings. The number of nitrogens with zero attached hydrogens (tertiary/aromatic N) is 2. The number of rotatable bonds is 8. The minimum Gasteiger partial charge on any atom is -0.481 e. The van der Waals surface area contributed by atoms with Gasteiger partial charge in [-0.05, 0) is 31.4 Å². The van der Waals surface area contributed by atoms with Crippen molar-refractivity contribution in [2.45, 2.75) is 33.2 Å². The van der Waals surface area contributed by atoms with E-state index in [4.69, 9.17) is 0 Å². The predicted molar refractivity (Wildman–Crippen MR) is 97.1 cm³/mol. The van der Waals surface area contributed by atoms with Crippen LogP contribution in [0, 0.1) is 12.8 Å². The number of nitrogens with one attached hydrogen (secondary N) is 1. The fraction of sp³-hybridized carbons (Fsp3) is 0.368. The zero-order chi connectivity index (χ0) is 19.1. The van der Waals surface area contributed by atoms with Crippen molar-refractivity contribution in [3.05, 3.63) is 63.6 Å². The number of carbonyl (C=O) groups is 2. The highest BCUT2D eigenvalue weighted by atomic mass is 16.4. The van der Waals surface area contributed by atoms with Crippen LogP contribution in [0.2, 0.25) is 0 Å². The van der Waals surface area contributed by atoms with E-state index in [2.05, 4.69) is 10.4 Å². The molecule has 138 valence electrons. The number of carboxylic acids is 1. The molecule has 1 heterocycles. The third-order valence-corrected chi connectivity index (χ3v) is 4.00. The number of aryl methyl sites for hydroxylation is 2. The summed E-state index contributed by atoms with van der Waals surface area (Å²) in [6, 6.07) is 10.3. The van der Waals surface area contributed by atoms with E-state index in [9.17, 15) is 19.5 Å². The fourth-order valence-corrected chi connectivity index (χ4v) is 2.50. The molecule has 0 bridgehead atoms. The van der Waals surface area contributed by atoms with Crippen LogP contribution in [0.15, 0.2) is 41.2 Å². The van der Waals surface area contributed by atoms with Crippen LogP contribution in [-0.2, 0) is 17.8 Å². The van der Waals surface area contributed by atoms with Gasteiger partial charge in [0.25, 0.3) is 11.5 Å². The van der Waals surface area contributed by atoms with Crippen molar-refractivity contribution in [3.63, 3.8) is 0 Å². The quantitative estimate of drug-likeness (QED) is 0.748. The molecule has 0 saturated carbocycles. The number of benzene rings is 1. The standard InChI is InChI=1S/C19H23N3O4/c1-3-10-22-17(23)9-8-16(21-22)18(24)20-12-15(19(25)26)11-14-6-4-13(2)5-7-14/h4-9,15H,3,10-12H2,1-2H3,(H,20,24)(H,25,26)/t15-/m1/s1. The lowest BCUT2D eigenvalue weighted by molar-refractivity contribution is -0.141. The molecule has 0 saturated heterocycles. The molecule has 0 aliphatic heterocycles. The number of aliphatic carboxylic acids is 1. The molecule has 0 fully saturated rings. The lowest BCUT2D eigenvalue weighted by Gasteiger charge is -2.14. The third kappa shape index (κ3) is 5.27. The average molecular weight is 357 g/mol. The fourth-order valence-electron chi connectivity index (χ4n) is 2.50. The van der Waals surface area contributed by atoms with Crippen LogP contribution in [0.5, 0.6) is 0 Å². The average Bonchev–Trinajstić information content (AvgIpc) is 2.61. The summed E-state index contributed by atoms with van der Waals surface area (Å²) >= 11 is 0. The van der Waals surface area contributed by atoms with Crippen molar-refractivity contribution in [3.8, 4) is 0 Å². The monoisotopic (exact) mass is 357 g/mol. The van der Waals surface area contributed by atoms with Crippen LogP contribution >= 0.6 is 0 Å². The van der Waals surface area contributed by atoms with Crippen LogP contribution < -0.4 is 10.9 Å². The first-order valence-corrected chi connectivity index (χ1v) is 8.55. The number of hydrogen-bond donors (Lipinski definition) is 2. The topological polar surface area (TPSA) is 101 Å². The Morgan fingerprint density at radius 2 is 1.88 bits per heavy atom. The second kappa shape index (κ2) is 8.94. The Bertz CT molecular complexity index is 827. The van der Waals surface area contributed by atoms with Crippen LogP contribution in [0.1, 0.15) is 35.0 Å². The smallest absolute Gasteiger partial charge is 0.308 e. The summed E-state index contributed by atoms with van der Waals surface area (Å²) in [7, 11) is 0. The van der Waals surface area contributed by atoms with Gasteiger partial charge in [0.2, 0.25) is 0 Å². The van der Waals surface area contributed by atoms with Gasteiger partial charge in [-0.3, -0.25) is 14.4 Å². The maximum Gasteiger partial charge on any atom is 0.308 e. The molecular formula is C19H23N3O4. The summed E-state index contributed by atoms with van der Waals surface area (Å²) in [5.41, 5.74) is 1.82. The zero-order valence-corrected chi connectivity index (χ0v) is 14.9. The second-order valence-corrected chi connectivity index (χ2v) is 6.21. The Morgan fingerprint density at radius 3 is 2.50 bits per heavy atom. The summed E-state index contributed by atoms with van der Waals surface area (Å²) in [6.45, 7) is 4.27. The molecule has 2 aromatic rings. The van der Waals surface area contributed by atoms with Crippen LogP contribution in [-0.4, -0.2) is 33.3 Å². The summed E-state index contributed by atoms with van der Waals surface area (Å²) in [5.74, 6) is -2.22. The Hall–Kier alpha value is -2.96. The molecule has 0 radical (unpaired) electrons. The molecule has 2 N–H and O–H groups in total. The van der Waals surface area contributed by atoms with Gasteiger partial charge < -0.3 is 10.4 Å². The van der Waals surface area contributed by atoms with Crippen molar-refractivity contribution in [2.24, 2.45) is 5.92 Å². The molecule has 1 aromatic carbocycles. The molecule has 26 heavy (non-hydrogen) atoms. The molecular weight excluding hydrogens is 334 g/mol. The lowest BCUT2D eigenvalue weighted by atomic mass is 9.98. The van der Waals surface area contributed by atoms with E-state index >= 15 is 0 Å². The molecule has 0 spiro atoms. The van der Waals surface area contributed by atoms with Gasteiger partial charge in [-0.15, -0.1) is 0 Å². The van der Waals surface area contributed by atoms with Crippen molar-refractivity contribution in [1.29, 1.82) is 0 Å². The molecule has 7 heteroatoms. The van der Waals surface area contributed by atoms with E-state index in [1.165, 1.54) is 16.8 Å². The van der Waals surface area contributed by atoms with Crippen LogP contribution in [0.4, 0.5) is 0 Å². The first-order valence-electron chi connectivity index (χ1n) is 8.55. The maximum absolute atomic E-state index is 12.3. The largest absolute Gasteiger partial charge is 0.481 e. The van der Waals surface area contributed by atoms with Crippen molar-refractivity contribution in [1.82, 2.24) is 15.1 Å². The number of hydrogen-bond acceptors (Lipinski definition) is 4. The lowest BCUT2D eigenvalue weighted by Crippen LogP contribution is -2.35. The van der Waals surface area contributed by atoms with Gasteiger partial charge in [0.15, 0.2) is 0 Å². The van der Waals surface area contributed by atoms with Crippen LogP contribution in [0.3, 0.4) is 0 Å². The van der Waals surface area contributed by atoms with Gasteiger partial charge >= 0.3 is 5.97 Å². The molecule has 0 unspecified atom stereocenters. The van der Waals surface area contributed by atoms with Crippen LogP contribution in [0.25, 0.3) is 0 Å². The van der Waals surface area contributed by atoms with Gasteiger partial charge in [-0.1, -0.05) is 36.8 Å². The summed E-state index contributed by atoms with van der Waals surface area (Å²) < 4.78 is 1.23. The first kappa shape index (κ1) is 19.4. The van der Waals surface area contributed by atoms with E-state index in [0.29, 0.717) is 13.0 Å².